The Morgan fingerprint density at radius 3 is 2.75 bits per heavy atom. The van der Waals surface area contributed by atoms with Gasteiger partial charge in [0.05, 0.1) is 0 Å². The lowest BCUT2D eigenvalue weighted by Gasteiger charge is -2.16. The largest absolute Gasteiger partial charge is 0.353 e. The van der Waals surface area contributed by atoms with E-state index in [-0.39, 0.29) is 0 Å². The minimum Gasteiger partial charge on any atom is -0.353 e. The van der Waals surface area contributed by atoms with Crippen molar-refractivity contribution in [3.05, 3.63) is 54.1 Å². The quantitative estimate of drug-likeness (QED) is 0.778. The van der Waals surface area contributed by atoms with Crippen molar-refractivity contribution in [3.63, 3.8) is 0 Å². The molecule has 0 aromatic carbocycles. The fourth-order valence-corrected chi connectivity index (χ4v) is 1.80. The van der Waals surface area contributed by atoms with E-state index in [4.69, 9.17) is 0 Å². The Kier molecular flexibility index (Phi) is 3.37. The van der Waals surface area contributed by atoms with Gasteiger partial charge in [0, 0.05) is 44.4 Å². The molecule has 0 saturated heterocycles. The third-order valence-corrected chi connectivity index (χ3v) is 2.66. The maximum Gasteiger partial charge on any atom is 0.0387 e. The Bertz CT molecular complexity index is 433. The Balaban J connectivity index is 1.95. The van der Waals surface area contributed by atoms with Gasteiger partial charge >= 0.3 is 0 Å². The number of rotatable bonds is 4. The number of hydrogen-bond donors (Lipinski definition) is 0. The highest BCUT2D eigenvalue weighted by molar-refractivity contribution is 5.09. The number of pyridine rings is 1. The van der Waals surface area contributed by atoms with Crippen LogP contribution in [0, 0.1) is 0 Å². The van der Waals surface area contributed by atoms with Crippen LogP contribution in [0.15, 0.2) is 42.9 Å². The summed E-state index contributed by atoms with van der Waals surface area (Å²) < 4.78 is 2.15. The van der Waals surface area contributed by atoms with Crippen LogP contribution in [0.1, 0.15) is 11.3 Å². The van der Waals surface area contributed by atoms with Gasteiger partial charge in [-0.25, -0.2) is 0 Å². The second-order valence-corrected chi connectivity index (χ2v) is 4.14. The molecule has 2 rings (SSSR count). The van der Waals surface area contributed by atoms with E-state index in [9.17, 15) is 0 Å². The smallest absolute Gasteiger partial charge is 0.0387 e. The molecule has 0 aliphatic rings. The molecule has 0 saturated carbocycles. The zero-order chi connectivity index (χ0) is 11.4. The third-order valence-electron chi connectivity index (χ3n) is 2.66. The summed E-state index contributed by atoms with van der Waals surface area (Å²) in [7, 11) is 4.20. The van der Waals surface area contributed by atoms with Crippen LogP contribution >= 0.6 is 0 Å². The van der Waals surface area contributed by atoms with Gasteiger partial charge in [0.25, 0.3) is 0 Å². The SMILES string of the molecule is CN(Cc1cccnc1)Cc1cccn1C. The Morgan fingerprint density at radius 2 is 2.12 bits per heavy atom. The van der Waals surface area contributed by atoms with Gasteiger partial charge in [-0.2, -0.15) is 0 Å². The number of aryl methyl sites for hydroxylation is 1. The van der Waals surface area contributed by atoms with Gasteiger partial charge in [-0.05, 0) is 30.8 Å². The zero-order valence-corrected chi connectivity index (χ0v) is 9.80. The number of hydrogen-bond acceptors (Lipinski definition) is 2. The summed E-state index contributed by atoms with van der Waals surface area (Å²) in [6, 6.07) is 8.31. The summed E-state index contributed by atoms with van der Waals surface area (Å²) in [5.74, 6) is 0. The van der Waals surface area contributed by atoms with E-state index in [1.807, 2.05) is 12.3 Å². The van der Waals surface area contributed by atoms with Crippen molar-refractivity contribution in [3.8, 4) is 0 Å². The van der Waals surface area contributed by atoms with E-state index in [1.165, 1.54) is 11.3 Å². The molecule has 0 amide bonds. The second-order valence-electron chi connectivity index (χ2n) is 4.14. The monoisotopic (exact) mass is 215 g/mol. The first-order valence-corrected chi connectivity index (χ1v) is 5.43. The van der Waals surface area contributed by atoms with Crippen molar-refractivity contribution in [2.24, 2.45) is 7.05 Å². The fraction of sp³-hybridized carbons (Fsp3) is 0.308. The Hall–Kier alpha value is -1.61. The van der Waals surface area contributed by atoms with E-state index in [0.29, 0.717) is 0 Å². The molecule has 3 nitrogen and oxygen atoms in total. The zero-order valence-electron chi connectivity index (χ0n) is 9.80. The topological polar surface area (TPSA) is 21.1 Å². The molecule has 0 unspecified atom stereocenters. The van der Waals surface area contributed by atoms with Crippen molar-refractivity contribution in [1.82, 2.24) is 14.5 Å². The predicted molar refractivity (Wildman–Crippen MR) is 64.8 cm³/mol. The van der Waals surface area contributed by atoms with E-state index in [0.717, 1.165) is 13.1 Å². The molecule has 0 N–H and O–H groups in total. The molecule has 2 aromatic rings. The van der Waals surface area contributed by atoms with Crippen LogP contribution in [0.3, 0.4) is 0 Å². The predicted octanol–water partition coefficient (Wildman–Crippen LogP) is 2.05. The average molecular weight is 215 g/mol. The standard InChI is InChI=1S/C13H17N3/c1-15(10-12-5-3-7-14-9-12)11-13-6-4-8-16(13)2/h3-9H,10-11H2,1-2H3. The van der Waals surface area contributed by atoms with Crippen LogP contribution in [-0.4, -0.2) is 21.5 Å². The molecule has 84 valence electrons. The molecule has 2 aromatic heterocycles. The van der Waals surface area contributed by atoms with Crippen LogP contribution in [-0.2, 0) is 20.1 Å². The summed E-state index contributed by atoms with van der Waals surface area (Å²) in [6.07, 6.45) is 5.80. The number of aromatic nitrogens is 2. The van der Waals surface area contributed by atoms with Crippen LogP contribution < -0.4 is 0 Å². The summed E-state index contributed by atoms with van der Waals surface area (Å²) >= 11 is 0. The summed E-state index contributed by atoms with van der Waals surface area (Å²) in [6.45, 7) is 1.89. The summed E-state index contributed by atoms with van der Waals surface area (Å²) in [4.78, 5) is 6.40. The lowest BCUT2D eigenvalue weighted by molar-refractivity contribution is 0.311. The third kappa shape index (κ3) is 2.70. The maximum atomic E-state index is 4.12. The highest BCUT2D eigenvalue weighted by atomic mass is 15.1. The molecule has 0 atom stereocenters. The molecule has 2 heterocycles. The van der Waals surface area contributed by atoms with E-state index in [1.54, 1.807) is 6.20 Å². The summed E-state index contributed by atoms with van der Waals surface area (Å²) in [5, 5.41) is 0. The van der Waals surface area contributed by atoms with Gasteiger partial charge in [0.1, 0.15) is 0 Å². The molecular weight excluding hydrogens is 198 g/mol. The maximum absolute atomic E-state index is 4.12. The van der Waals surface area contributed by atoms with Gasteiger partial charge in [-0.1, -0.05) is 6.07 Å². The summed E-state index contributed by atoms with van der Waals surface area (Å²) in [5.41, 5.74) is 2.57. The lowest BCUT2D eigenvalue weighted by Crippen LogP contribution is -2.18. The first kappa shape index (κ1) is 10.9. The normalized spacial score (nSPS) is 10.9. The van der Waals surface area contributed by atoms with Crippen LogP contribution in [0.4, 0.5) is 0 Å². The molecule has 0 aliphatic carbocycles. The highest BCUT2D eigenvalue weighted by Crippen LogP contribution is 2.07. The first-order chi connectivity index (χ1) is 7.75. The first-order valence-electron chi connectivity index (χ1n) is 5.43. The van der Waals surface area contributed by atoms with E-state index < -0.39 is 0 Å². The average Bonchev–Trinajstić information content (AvgIpc) is 2.66. The molecule has 3 heteroatoms. The van der Waals surface area contributed by atoms with Gasteiger partial charge in [0.2, 0.25) is 0 Å². The van der Waals surface area contributed by atoms with Crippen molar-refractivity contribution >= 4 is 0 Å². The molecule has 16 heavy (non-hydrogen) atoms. The lowest BCUT2D eigenvalue weighted by atomic mass is 10.2. The van der Waals surface area contributed by atoms with Crippen molar-refractivity contribution in [2.75, 3.05) is 7.05 Å². The molecular formula is C13H17N3. The molecule has 0 radical (unpaired) electrons. The number of nitrogens with zero attached hydrogens (tertiary/aromatic N) is 3. The minimum atomic E-state index is 0.930. The fourth-order valence-electron chi connectivity index (χ4n) is 1.80. The van der Waals surface area contributed by atoms with Crippen molar-refractivity contribution < 1.29 is 0 Å². The van der Waals surface area contributed by atoms with Gasteiger partial charge < -0.3 is 4.57 Å². The van der Waals surface area contributed by atoms with Crippen molar-refractivity contribution in [1.29, 1.82) is 0 Å². The molecule has 0 spiro atoms. The minimum absolute atomic E-state index is 0.930. The molecule has 0 aliphatic heterocycles. The van der Waals surface area contributed by atoms with Gasteiger partial charge in [-0.3, -0.25) is 9.88 Å². The van der Waals surface area contributed by atoms with Crippen LogP contribution in [0.25, 0.3) is 0 Å². The Morgan fingerprint density at radius 1 is 1.25 bits per heavy atom. The molecule has 0 bridgehead atoms. The van der Waals surface area contributed by atoms with Crippen LogP contribution in [0.2, 0.25) is 0 Å². The Labute approximate surface area is 96.3 Å². The van der Waals surface area contributed by atoms with Crippen LogP contribution in [0.5, 0.6) is 0 Å². The van der Waals surface area contributed by atoms with Gasteiger partial charge in [0.15, 0.2) is 0 Å². The van der Waals surface area contributed by atoms with E-state index in [2.05, 4.69) is 52.9 Å². The molecule has 0 fully saturated rings. The van der Waals surface area contributed by atoms with E-state index >= 15 is 0 Å². The van der Waals surface area contributed by atoms with Crippen molar-refractivity contribution in [2.45, 2.75) is 13.1 Å². The second kappa shape index (κ2) is 4.94. The van der Waals surface area contributed by atoms with Gasteiger partial charge in [-0.15, -0.1) is 0 Å². The highest BCUT2D eigenvalue weighted by Gasteiger charge is 2.03.